The number of sulfonamides is 1. The Morgan fingerprint density at radius 3 is 2.57 bits per heavy atom. The van der Waals surface area contributed by atoms with Gasteiger partial charge in [0, 0.05) is 19.1 Å². The molecule has 0 aliphatic heterocycles. The molecule has 0 aliphatic rings. The molecule has 0 atom stereocenters. The summed E-state index contributed by atoms with van der Waals surface area (Å²) in [6.45, 7) is 1.67. The lowest BCUT2D eigenvalue weighted by molar-refractivity contribution is 0.0440. The minimum absolute atomic E-state index is 0.118. The molecule has 0 unspecified atom stereocenters. The highest BCUT2D eigenvalue weighted by Crippen LogP contribution is 2.25. The quantitative estimate of drug-likeness (QED) is 0.487. The topological polar surface area (TPSA) is 94.6 Å². The lowest BCUT2D eigenvalue weighted by Crippen LogP contribution is -2.21. The van der Waals surface area contributed by atoms with E-state index in [-0.39, 0.29) is 34.7 Å². The fraction of sp³-hybridized carbons (Fsp3) is 0.263. The molecule has 8 nitrogen and oxygen atoms in total. The van der Waals surface area contributed by atoms with Crippen LogP contribution in [0.1, 0.15) is 27.4 Å². The fourth-order valence-electron chi connectivity index (χ4n) is 2.64. The summed E-state index contributed by atoms with van der Waals surface area (Å²) < 4.78 is 37.1. The SMILES string of the molecule is Cc1nn(Cc2ccccc2Cl)c(Cl)c1C(=O)OCc1ccc(S(=O)(=O)N(C)C)o1. The third-order valence-corrected chi connectivity index (χ3v) is 6.71. The molecule has 30 heavy (non-hydrogen) atoms. The summed E-state index contributed by atoms with van der Waals surface area (Å²) in [5.74, 6) is -0.516. The van der Waals surface area contributed by atoms with Crippen LogP contribution in [0.4, 0.5) is 0 Å². The van der Waals surface area contributed by atoms with Crippen molar-refractivity contribution in [1.29, 1.82) is 0 Å². The van der Waals surface area contributed by atoms with Crippen molar-refractivity contribution < 1.29 is 22.4 Å². The van der Waals surface area contributed by atoms with Gasteiger partial charge < -0.3 is 9.15 Å². The molecule has 0 N–H and O–H groups in total. The summed E-state index contributed by atoms with van der Waals surface area (Å²) in [4.78, 5) is 12.6. The molecule has 3 aromatic rings. The highest BCUT2D eigenvalue weighted by molar-refractivity contribution is 7.88. The highest BCUT2D eigenvalue weighted by atomic mass is 35.5. The molecule has 3 rings (SSSR count). The standard InChI is InChI=1S/C19H19Cl2N3O5S/c1-12-17(18(21)24(22-12)10-13-6-4-5-7-15(13)20)19(25)28-11-14-8-9-16(29-14)30(26,27)23(2)3/h4-9H,10-11H2,1-3H3. The van der Waals surface area contributed by atoms with Crippen LogP contribution in [0.5, 0.6) is 0 Å². The molecular formula is C19H19Cl2N3O5S. The van der Waals surface area contributed by atoms with Crippen molar-refractivity contribution >= 4 is 39.2 Å². The van der Waals surface area contributed by atoms with E-state index in [1.54, 1.807) is 13.0 Å². The Balaban J connectivity index is 1.73. The van der Waals surface area contributed by atoms with Crippen molar-refractivity contribution in [3.05, 3.63) is 69.2 Å². The van der Waals surface area contributed by atoms with Crippen molar-refractivity contribution in [2.75, 3.05) is 14.1 Å². The maximum absolute atomic E-state index is 12.6. The van der Waals surface area contributed by atoms with Crippen molar-refractivity contribution in [3.63, 3.8) is 0 Å². The van der Waals surface area contributed by atoms with Gasteiger partial charge in [0.1, 0.15) is 23.1 Å². The number of hydrogen-bond acceptors (Lipinski definition) is 6. The highest BCUT2D eigenvalue weighted by Gasteiger charge is 2.24. The smallest absolute Gasteiger partial charge is 0.343 e. The zero-order valence-corrected chi connectivity index (χ0v) is 18.8. The first-order valence-corrected chi connectivity index (χ1v) is 11.0. The second kappa shape index (κ2) is 8.81. The number of ether oxygens (including phenoxy) is 1. The predicted octanol–water partition coefficient (Wildman–Crippen LogP) is 3.75. The molecule has 0 saturated heterocycles. The van der Waals surface area contributed by atoms with Crippen molar-refractivity contribution in [3.8, 4) is 0 Å². The van der Waals surface area contributed by atoms with Crippen LogP contribution in [0.25, 0.3) is 0 Å². The number of hydrogen-bond donors (Lipinski definition) is 0. The lowest BCUT2D eigenvalue weighted by atomic mass is 10.2. The van der Waals surface area contributed by atoms with Gasteiger partial charge in [-0.2, -0.15) is 5.10 Å². The summed E-state index contributed by atoms with van der Waals surface area (Å²) in [6.07, 6.45) is 0. The number of aromatic nitrogens is 2. The lowest BCUT2D eigenvalue weighted by Gasteiger charge is -2.08. The summed E-state index contributed by atoms with van der Waals surface area (Å²) in [5.41, 5.74) is 1.32. The van der Waals surface area contributed by atoms with E-state index >= 15 is 0 Å². The Morgan fingerprint density at radius 1 is 1.20 bits per heavy atom. The van der Waals surface area contributed by atoms with Crippen LogP contribution >= 0.6 is 23.2 Å². The second-order valence-corrected chi connectivity index (χ2v) is 9.43. The van der Waals surface area contributed by atoms with Crippen LogP contribution in [0, 0.1) is 6.92 Å². The van der Waals surface area contributed by atoms with E-state index in [4.69, 9.17) is 32.4 Å². The van der Waals surface area contributed by atoms with Crippen LogP contribution in [-0.4, -0.2) is 42.6 Å². The Labute approximate surface area is 184 Å². The number of carbonyl (C=O) groups is 1. The number of carbonyl (C=O) groups excluding carboxylic acids is 1. The maximum atomic E-state index is 12.6. The molecular weight excluding hydrogens is 453 g/mol. The first-order valence-electron chi connectivity index (χ1n) is 8.76. The molecule has 11 heteroatoms. The van der Waals surface area contributed by atoms with Gasteiger partial charge in [-0.3, -0.25) is 0 Å². The van der Waals surface area contributed by atoms with E-state index < -0.39 is 16.0 Å². The van der Waals surface area contributed by atoms with Gasteiger partial charge in [0.05, 0.1) is 12.2 Å². The molecule has 0 radical (unpaired) electrons. The second-order valence-electron chi connectivity index (χ2n) is 6.58. The van der Waals surface area contributed by atoms with Gasteiger partial charge in [0.15, 0.2) is 0 Å². The molecule has 0 spiro atoms. The summed E-state index contributed by atoms with van der Waals surface area (Å²) in [7, 11) is -0.926. The molecule has 0 bridgehead atoms. The molecule has 2 heterocycles. The van der Waals surface area contributed by atoms with Gasteiger partial charge in [-0.25, -0.2) is 22.2 Å². The van der Waals surface area contributed by atoms with Crippen LogP contribution < -0.4 is 0 Å². The summed E-state index contributed by atoms with van der Waals surface area (Å²) >= 11 is 12.5. The number of nitrogens with zero attached hydrogens (tertiary/aromatic N) is 3. The Hall–Kier alpha value is -2.33. The molecule has 1 aromatic carbocycles. The van der Waals surface area contributed by atoms with Gasteiger partial charge in [-0.1, -0.05) is 41.4 Å². The third kappa shape index (κ3) is 4.54. The van der Waals surface area contributed by atoms with Crippen LogP contribution in [0.15, 0.2) is 45.9 Å². The predicted molar refractivity (Wildman–Crippen MR) is 111 cm³/mol. The van der Waals surface area contributed by atoms with E-state index in [1.807, 2.05) is 18.2 Å². The summed E-state index contributed by atoms with van der Waals surface area (Å²) in [6, 6.07) is 9.98. The summed E-state index contributed by atoms with van der Waals surface area (Å²) in [5, 5.41) is 4.74. The largest absolute Gasteiger partial charge is 0.454 e. The Kier molecular flexibility index (Phi) is 6.56. The minimum atomic E-state index is -3.71. The van der Waals surface area contributed by atoms with Gasteiger partial charge in [-0.05, 0) is 30.7 Å². The average molecular weight is 472 g/mol. The molecule has 0 aliphatic carbocycles. The van der Waals surface area contributed by atoms with E-state index in [1.165, 1.54) is 30.9 Å². The first-order chi connectivity index (χ1) is 14.1. The maximum Gasteiger partial charge on any atom is 0.343 e. The number of furan rings is 1. The van der Waals surface area contributed by atoms with Gasteiger partial charge >= 0.3 is 5.97 Å². The van der Waals surface area contributed by atoms with Gasteiger partial charge in [0.2, 0.25) is 5.09 Å². The molecule has 0 saturated carbocycles. The minimum Gasteiger partial charge on any atom is -0.454 e. The first kappa shape index (κ1) is 22.4. The number of halogens is 2. The zero-order valence-electron chi connectivity index (χ0n) is 16.4. The van der Waals surface area contributed by atoms with E-state index in [9.17, 15) is 13.2 Å². The fourth-order valence-corrected chi connectivity index (χ4v) is 3.96. The van der Waals surface area contributed by atoms with Crippen molar-refractivity contribution in [2.45, 2.75) is 25.2 Å². The third-order valence-electron chi connectivity index (χ3n) is 4.26. The van der Waals surface area contributed by atoms with E-state index in [0.717, 1.165) is 9.87 Å². The monoisotopic (exact) mass is 471 g/mol. The number of benzene rings is 1. The Bertz CT molecular complexity index is 1180. The van der Waals surface area contributed by atoms with Crippen molar-refractivity contribution in [1.82, 2.24) is 14.1 Å². The van der Waals surface area contributed by atoms with E-state index in [2.05, 4.69) is 5.10 Å². The van der Waals surface area contributed by atoms with Crippen LogP contribution in [0.2, 0.25) is 10.2 Å². The van der Waals surface area contributed by atoms with Gasteiger partial charge in [-0.15, -0.1) is 0 Å². The van der Waals surface area contributed by atoms with Crippen LogP contribution in [-0.2, 0) is 27.9 Å². The number of rotatable bonds is 7. The van der Waals surface area contributed by atoms with Crippen molar-refractivity contribution in [2.24, 2.45) is 0 Å². The van der Waals surface area contributed by atoms with Gasteiger partial charge in [0.25, 0.3) is 10.0 Å². The normalized spacial score (nSPS) is 11.8. The Morgan fingerprint density at radius 2 is 1.90 bits per heavy atom. The van der Waals surface area contributed by atoms with Crippen LogP contribution in [0.3, 0.4) is 0 Å². The molecule has 0 fully saturated rings. The number of aryl methyl sites for hydroxylation is 1. The zero-order chi connectivity index (χ0) is 22.1. The average Bonchev–Trinajstić information content (AvgIpc) is 3.27. The number of esters is 1. The molecule has 0 amide bonds. The molecule has 160 valence electrons. The molecule has 2 aromatic heterocycles. The van der Waals surface area contributed by atoms with E-state index in [0.29, 0.717) is 10.7 Å².